The second-order valence-corrected chi connectivity index (χ2v) is 8.84. The number of likely N-dealkylation sites (N-methyl/N-ethyl adjacent to an activating group) is 1. The van der Waals surface area contributed by atoms with Crippen molar-refractivity contribution in [3.63, 3.8) is 0 Å². The van der Waals surface area contributed by atoms with Gasteiger partial charge in [-0.2, -0.15) is 4.58 Å². The Morgan fingerprint density at radius 1 is 0.889 bits per heavy atom. The predicted molar refractivity (Wildman–Crippen MR) is 115 cm³/mol. The molecule has 2 aliphatic heterocycles. The minimum Gasteiger partial charge on any atom is -0.399 e. The van der Waals surface area contributed by atoms with Crippen molar-refractivity contribution in [1.82, 2.24) is 0 Å². The van der Waals surface area contributed by atoms with E-state index in [1.807, 2.05) is 12.1 Å². The van der Waals surface area contributed by atoms with E-state index in [0.717, 1.165) is 11.4 Å². The van der Waals surface area contributed by atoms with Crippen molar-refractivity contribution >= 4 is 28.5 Å². The van der Waals surface area contributed by atoms with E-state index < -0.39 is 0 Å². The van der Waals surface area contributed by atoms with Gasteiger partial charge in [0.2, 0.25) is 5.69 Å². The van der Waals surface area contributed by atoms with Gasteiger partial charge >= 0.3 is 0 Å². The molecular weight excluding hydrogens is 332 g/mol. The van der Waals surface area contributed by atoms with E-state index in [1.165, 1.54) is 33.9 Å². The molecule has 4 heteroatoms. The van der Waals surface area contributed by atoms with E-state index in [9.17, 15) is 0 Å². The Kier molecular flexibility index (Phi) is 3.52. The number of nitrogen functional groups attached to an aromatic ring is 2. The molecule has 0 aromatic heterocycles. The maximum atomic E-state index is 6.08. The van der Waals surface area contributed by atoms with Gasteiger partial charge in [-0.05, 0) is 49.7 Å². The highest BCUT2D eigenvalue weighted by Gasteiger charge is 2.46. The Balaban J connectivity index is 1.89. The van der Waals surface area contributed by atoms with Gasteiger partial charge < -0.3 is 16.4 Å². The fourth-order valence-electron chi connectivity index (χ4n) is 4.75. The van der Waals surface area contributed by atoms with E-state index in [0.29, 0.717) is 0 Å². The molecule has 0 fully saturated rings. The van der Waals surface area contributed by atoms with E-state index in [2.05, 4.69) is 81.6 Å². The zero-order valence-electron chi connectivity index (χ0n) is 17.1. The number of hydrogen-bond donors (Lipinski definition) is 2. The fraction of sp³-hybridized carbons (Fsp3) is 0.348. The maximum absolute atomic E-state index is 6.08. The van der Waals surface area contributed by atoms with Crippen LogP contribution in [0.2, 0.25) is 0 Å². The largest absolute Gasteiger partial charge is 0.399 e. The second kappa shape index (κ2) is 5.38. The first-order chi connectivity index (χ1) is 12.5. The van der Waals surface area contributed by atoms with Crippen LogP contribution < -0.4 is 16.4 Å². The number of allylic oxidation sites excluding steroid dienone is 2. The van der Waals surface area contributed by atoms with Gasteiger partial charge in [-0.25, -0.2) is 0 Å². The summed E-state index contributed by atoms with van der Waals surface area (Å²) < 4.78 is 2.29. The molecule has 0 atom stereocenters. The summed E-state index contributed by atoms with van der Waals surface area (Å²) in [7, 11) is 4.28. The van der Waals surface area contributed by atoms with Gasteiger partial charge in [0, 0.05) is 52.9 Å². The molecule has 0 saturated carbocycles. The fourth-order valence-corrected chi connectivity index (χ4v) is 4.75. The van der Waals surface area contributed by atoms with Crippen LogP contribution >= 0.6 is 0 Å². The normalized spacial score (nSPS) is 21.0. The van der Waals surface area contributed by atoms with Crippen LogP contribution in [0.3, 0.4) is 0 Å². The third kappa shape index (κ3) is 2.32. The predicted octanol–water partition coefficient (Wildman–Crippen LogP) is 4.17. The van der Waals surface area contributed by atoms with E-state index in [4.69, 9.17) is 11.5 Å². The summed E-state index contributed by atoms with van der Waals surface area (Å²) in [6.45, 7) is 9.09. The standard InChI is InChI=1S/C23H29N4/c1-22(2)16-11-14(24)7-9-18(16)26(5)20(22)13-21-23(3,4)17-12-15(25)8-10-19(17)27(21)6/h7-13H,24-25H2,1-6H3/q+1. The molecule has 140 valence electrons. The molecule has 2 aromatic carbocycles. The van der Waals surface area contributed by atoms with Crippen molar-refractivity contribution in [1.29, 1.82) is 0 Å². The quantitative estimate of drug-likeness (QED) is 0.592. The summed E-state index contributed by atoms with van der Waals surface area (Å²) in [6.07, 6.45) is 2.35. The number of nitrogens with zero attached hydrogens (tertiary/aromatic N) is 2. The van der Waals surface area contributed by atoms with E-state index in [1.54, 1.807) is 0 Å². The summed E-state index contributed by atoms with van der Waals surface area (Å²) in [5.41, 5.74) is 21.1. The lowest BCUT2D eigenvalue weighted by Crippen LogP contribution is -2.31. The molecule has 0 bridgehead atoms. The third-order valence-electron chi connectivity index (χ3n) is 6.39. The van der Waals surface area contributed by atoms with Gasteiger partial charge in [0.15, 0.2) is 5.71 Å². The SMILES string of the molecule is CN1C(=CC2=[N+](C)c3ccc(N)cc3C2(C)C)C(C)(C)c2cc(N)ccc21. The highest BCUT2D eigenvalue weighted by molar-refractivity contribution is 6.04. The van der Waals surface area contributed by atoms with Crippen LogP contribution in [0, 0.1) is 0 Å². The van der Waals surface area contributed by atoms with Gasteiger partial charge in [0.1, 0.15) is 7.05 Å². The zero-order valence-corrected chi connectivity index (χ0v) is 17.1. The summed E-state index contributed by atoms with van der Waals surface area (Å²) in [5.74, 6) is 0. The first-order valence-corrected chi connectivity index (χ1v) is 9.42. The molecule has 0 aliphatic carbocycles. The molecule has 2 aliphatic rings. The second-order valence-electron chi connectivity index (χ2n) is 8.84. The van der Waals surface area contributed by atoms with Crippen molar-refractivity contribution in [2.75, 3.05) is 30.5 Å². The highest BCUT2D eigenvalue weighted by Crippen LogP contribution is 2.49. The molecule has 2 aromatic rings. The molecule has 0 amide bonds. The number of hydrogen-bond acceptors (Lipinski definition) is 3. The first kappa shape index (κ1) is 17.7. The average molecular weight is 362 g/mol. The summed E-state index contributed by atoms with van der Waals surface area (Å²) in [6, 6.07) is 12.4. The molecule has 4 N–H and O–H groups in total. The molecule has 0 saturated heterocycles. The van der Waals surface area contributed by atoms with Crippen molar-refractivity contribution in [2.24, 2.45) is 0 Å². The number of nitrogens with two attached hydrogens (primary N) is 2. The Labute approximate surface area is 161 Å². The number of rotatable bonds is 1. The van der Waals surface area contributed by atoms with Crippen molar-refractivity contribution < 1.29 is 4.58 Å². The molecule has 0 unspecified atom stereocenters. The van der Waals surface area contributed by atoms with Crippen LogP contribution in [0.5, 0.6) is 0 Å². The van der Waals surface area contributed by atoms with Crippen molar-refractivity contribution in [3.05, 3.63) is 59.3 Å². The summed E-state index contributed by atoms with van der Waals surface area (Å²) in [5, 5.41) is 0. The topological polar surface area (TPSA) is 58.3 Å². The van der Waals surface area contributed by atoms with E-state index in [-0.39, 0.29) is 10.8 Å². The maximum Gasteiger partial charge on any atom is 0.209 e. The first-order valence-electron chi connectivity index (χ1n) is 9.42. The van der Waals surface area contributed by atoms with Crippen LogP contribution in [-0.4, -0.2) is 24.4 Å². The van der Waals surface area contributed by atoms with Gasteiger partial charge in [-0.3, -0.25) is 0 Å². The van der Waals surface area contributed by atoms with Crippen LogP contribution in [0.25, 0.3) is 0 Å². The molecule has 4 rings (SSSR count). The lowest BCUT2D eigenvalue weighted by atomic mass is 9.78. The average Bonchev–Trinajstić information content (AvgIpc) is 2.89. The minimum absolute atomic E-state index is 0.114. The lowest BCUT2D eigenvalue weighted by molar-refractivity contribution is -0.401. The van der Waals surface area contributed by atoms with Crippen LogP contribution in [0.1, 0.15) is 38.8 Å². The van der Waals surface area contributed by atoms with Crippen LogP contribution in [0.4, 0.5) is 22.7 Å². The number of benzene rings is 2. The van der Waals surface area contributed by atoms with E-state index >= 15 is 0 Å². The smallest absolute Gasteiger partial charge is 0.209 e. The Morgan fingerprint density at radius 2 is 1.48 bits per heavy atom. The van der Waals surface area contributed by atoms with Gasteiger partial charge in [0.25, 0.3) is 0 Å². The summed E-state index contributed by atoms with van der Waals surface area (Å²) >= 11 is 0. The molecule has 27 heavy (non-hydrogen) atoms. The number of anilines is 3. The minimum atomic E-state index is -0.114. The number of fused-ring (bicyclic) bond motifs is 2. The molecule has 2 heterocycles. The Hall–Kier alpha value is -2.75. The molecule has 0 spiro atoms. The van der Waals surface area contributed by atoms with Crippen LogP contribution in [-0.2, 0) is 10.8 Å². The lowest BCUT2D eigenvalue weighted by Gasteiger charge is -2.25. The third-order valence-corrected chi connectivity index (χ3v) is 6.39. The zero-order chi connectivity index (χ0) is 19.7. The van der Waals surface area contributed by atoms with Gasteiger partial charge in [0.05, 0.1) is 5.41 Å². The Morgan fingerprint density at radius 3 is 2.15 bits per heavy atom. The molecule has 0 radical (unpaired) electrons. The van der Waals surface area contributed by atoms with Crippen LogP contribution in [0.15, 0.2) is 48.2 Å². The van der Waals surface area contributed by atoms with Crippen molar-refractivity contribution in [3.8, 4) is 0 Å². The Bertz CT molecular complexity index is 1020. The van der Waals surface area contributed by atoms with Crippen molar-refractivity contribution in [2.45, 2.75) is 38.5 Å². The molecular formula is C23H29N4+. The summed E-state index contributed by atoms with van der Waals surface area (Å²) in [4.78, 5) is 2.29. The van der Waals surface area contributed by atoms with Gasteiger partial charge in [-0.1, -0.05) is 13.8 Å². The van der Waals surface area contributed by atoms with Gasteiger partial charge in [-0.15, -0.1) is 0 Å². The monoisotopic (exact) mass is 361 g/mol. The highest BCUT2D eigenvalue weighted by atomic mass is 15.2. The molecule has 4 nitrogen and oxygen atoms in total.